The Bertz CT molecular complexity index is 308. The zero-order valence-electron chi connectivity index (χ0n) is 11.9. The van der Waals surface area contributed by atoms with E-state index in [9.17, 15) is 0 Å². The molecule has 0 bridgehead atoms. The smallest absolute Gasteiger partial charge is 0.0166 e. The maximum absolute atomic E-state index is 2.56. The minimum atomic E-state index is 1.08. The lowest BCUT2D eigenvalue weighted by molar-refractivity contribution is 0.293. The van der Waals surface area contributed by atoms with Gasteiger partial charge in [-0.3, -0.25) is 4.90 Å². The third kappa shape index (κ3) is 6.61. The zero-order valence-corrected chi connectivity index (χ0v) is 11.9. The van der Waals surface area contributed by atoms with Crippen molar-refractivity contribution in [2.45, 2.75) is 39.5 Å². The molecule has 0 aliphatic carbocycles. The van der Waals surface area contributed by atoms with Crippen molar-refractivity contribution in [3.63, 3.8) is 0 Å². The monoisotopic (exact) mass is 245 g/mol. The van der Waals surface area contributed by atoms with E-state index in [4.69, 9.17) is 0 Å². The van der Waals surface area contributed by atoms with E-state index in [0.29, 0.717) is 0 Å². The van der Waals surface area contributed by atoms with Crippen LogP contribution in [0.5, 0.6) is 0 Å². The Hall–Kier alpha value is -1.08. The predicted octanol–water partition coefficient (Wildman–Crippen LogP) is 4.60. The van der Waals surface area contributed by atoms with Crippen molar-refractivity contribution < 1.29 is 0 Å². The first-order valence-corrected chi connectivity index (χ1v) is 7.30. The molecule has 0 saturated carbocycles. The van der Waals surface area contributed by atoms with Crippen LogP contribution in [-0.4, -0.2) is 24.5 Å². The number of hydrogen-bond acceptors (Lipinski definition) is 1. The molecule has 0 heterocycles. The Morgan fingerprint density at radius 1 is 0.944 bits per heavy atom. The van der Waals surface area contributed by atoms with Gasteiger partial charge in [-0.2, -0.15) is 0 Å². The quantitative estimate of drug-likeness (QED) is 0.614. The minimum Gasteiger partial charge on any atom is -0.300 e. The van der Waals surface area contributed by atoms with Crippen LogP contribution in [0.25, 0.3) is 6.08 Å². The van der Waals surface area contributed by atoms with Crippen LogP contribution in [-0.2, 0) is 0 Å². The van der Waals surface area contributed by atoms with Gasteiger partial charge >= 0.3 is 0 Å². The molecule has 1 heteroatoms. The molecular formula is C17H27N. The highest BCUT2D eigenvalue weighted by atomic mass is 15.1. The van der Waals surface area contributed by atoms with Crippen molar-refractivity contribution in [3.05, 3.63) is 42.0 Å². The Balaban J connectivity index is 2.37. The van der Waals surface area contributed by atoms with Gasteiger partial charge in [0.2, 0.25) is 0 Å². The lowest BCUT2D eigenvalue weighted by Crippen LogP contribution is -2.26. The Kier molecular flexibility index (Phi) is 8.24. The summed E-state index contributed by atoms with van der Waals surface area (Å²) in [5.41, 5.74) is 1.29. The van der Waals surface area contributed by atoms with Crippen LogP contribution in [0.3, 0.4) is 0 Å². The molecule has 0 N–H and O–H groups in total. The fourth-order valence-corrected chi connectivity index (χ4v) is 1.96. The van der Waals surface area contributed by atoms with E-state index >= 15 is 0 Å². The maximum atomic E-state index is 2.56. The lowest BCUT2D eigenvalue weighted by atomic mass is 10.2. The number of hydrogen-bond donors (Lipinski definition) is 0. The first-order valence-electron chi connectivity index (χ1n) is 7.30. The highest BCUT2D eigenvalue weighted by molar-refractivity contribution is 5.48. The summed E-state index contributed by atoms with van der Waals surface area (Å²) in [5.74, 6) is 0. The van der Waals surface area contributed by atoms with Gasteiger partial charge in [0.15, 0.2) is 0 Å². The molecule has 1 aromatic rings. The van der Waals surface area contributed by atoms with Crippen molar-refractivity contribution in [1.29, 1.82) is 0 Å². The highest BCUT2D eigenvalue weighted by Gasteiger charge is 2.00. The summed E-state index contributed by atoms with van der Waals surface area (Å²) in [5, 5.41) is 0. The van der Waals surface area contributed by atoms with Crippen LogP contribution in [0.15, 0.2) is 36.4 Å². The number of nitrogens with zero attached hydrogens (tertiary/aromatic N) is 1. The average Bonchev–Trinajstić information content (AvgIpc) is 2.42. The number of rotatable bonds is 9. The van der Waals surface area contributed by atoms with Gasteiger partial charge in [0.25, 0.3) is 0 Å². The average molecular weight is 245 g/mol. The molecular weight excluding hydrogens is 218 g/mol. The molecule has 0 fully saturated rings. The predicted molar refractivity (Wildman–Crippen MR) is 81.7 cm³/mol. The maximum Gasteiger partial charge on any atom is 0.0166 e. The second kappa shape index (κ2) is 9.90. The normalized spacial score (nSPS) is 11.5. The minimum absolute atomic E-state index is 1.08. The van der Waals surface area contributed by atoms with Gasteiger partial charge in [-0.25, -0.2) is 0 Å². The standard InChI is InChI=1S/C17H27N/c1-3-5-14-18(15-6-4-2)16-10-13-17-11-8-7-9-12-17/h7-13H,3-6,14-16H2,1-2H3. The molecule has 1 aromatic carbocycles. The summed E-state index contributed by atoms with van der Waals surface area (Å²) in [4.78, 5) is 2.56. The van der Waals surface area contributed by atoms with E-state index in [-0.39, 0.29) is 0 Å². The van der Waals surface area contributed by atoms with E-state index < -0.39 is 0 Å². The molecule has 0 saturated heterocycles. The topological polar surface area (TPSA) is 3.24 Å². The van der Waals surface area contributed by atoms with Crippen LogP contribution in [0.4, 0.5) is 0 Å². The molecule has 18 heavy (non-hydrogen) atoms. The summed E-state index contributed by atoms with van der Waals surface area (Å²) in [6, 6.07) is 10.5. The Morgan fingerprint density at radius 2 is 1.56 bits per heavy atom. The van der Waals surface area contributed by atoms with Crippen LogP contribution in [0.1, 0.15) is 45.1 Å². The zero-order chi connectivity index (χ0) is 13.1. The molecule has 0 aromatic heterocycles. The van der Waals surface area contributed by atoms with Gasteiger partial charge in [0.1, 0.15) is 0 Å². The first-order chi connectivity index (χ1) is 8.86. The molecule has 1 rings (SSSR count). The first kappa shape index (κ1) is 15.0. The van der Waals surface area contributed by atoms with E-state index in [1.807, 2.05) is 0 Å². The van der Waals surface area contributed by atoms with Crippen molar-refractivity contribution in [1.82, 2.24) is 4.90 Å². The largest absolute Gasteiger partial charge is 0.300 e. The molecule has 0 atom stereocenters. The summed E-state index contributed by atoms with van der Waals surface area (Å²) < 4.78 is 0. The van der Waals surface area contributed by atoms with E-state index in [0.717, 1.165) is 6.54 Å². The summed E-state index contributed by atoms with van der Waals surface area (Å²) in [6.45, 7) is 8.07. The molecule has 1 nitrogen and oxygen atoms in total. The summed E-state index contributed by atoms with van der Waals surface area (Å²) in [6.07, 6.45) is 9.70. The fraction of sp³-hybridized carbons (Fsp3) is 0.529. The second-order valence-electron chi connectivity index (χ2n) is 4.82. The molecule has 0 amide bonds. The lowest BCUT2D eigenvalue weighted by Gasteiger charge is -2.19. The molecule has 0 unspecified atom stereocenters. The molecule has 0 aliphatic rings. The Labute approximate surface area is 113 Å². The van der Waals surface area contributed by atoms with Crippen LogP contribution < -0.4 is 0 Å². The Morgan fingerprint density at radius 3 is 2.11 bits per heavy atom. The summed E-state index contributed by atoms with van der Waals surface area (Å²) in [7, 11) is 0. The fourth-order valence-electron chi connectivity index (χ4n) is 1.96. The molecule has 100 valence electrons. The van der Waals surface area contributed by atoms with Crippen molar-refractivity contribution in [3.8, 4) is 0 Å². The summed E-state index contributed by atoms with van der Waals surface area (Å²) >= 11 is 0. The van der Waals surface area contributed by atoms with E-state index in [1.165, 1.54) is 44.3 Å². The number of benzene rings is 1. The third-order valence-electron chi connectivity index (χ3n) is 3.13. The van der Waals surface area contributed by atoms with Gasteiger partial charge in [0.05, 0.1) is 0 Å². The van der Waals surface area contributed by atoms with Gasteiger partial charge < -0.3 is 0 Å². The van der Waals surface area contributed by atoms with Crippen LogP contribution >= 0.6 is 0 Å². The molecule has 0 spiro atoms. The van der Waals surface area contributed by atoms with Crippen LogP contribution in [0, 0.1) is 0 Å². The molecule has 0 radical (unpaired) electrons. The van der Waals surface area contributed by atoms with Crippen LogP contribution in [0.2, 0.25) is 0 Å². The van der Waals surface area contributed by atoms with Gasteiger partial charge in [-0.15, -0.1) is 0 Å². The highest BCUT2D eigenvalue weighted by Crippen LogP contribution is 2.03. The second-order valence-corrected chi connectivity index (χ2v) is 4.82. The van der Waals surface area contributed by atoms with Gasteiger partial charge in [-0.1, -0.05) is 69.2 Å². The van der Waals surface area contributed by atoms with Gasteiger partial charge in [-0.05, 0) is 31.5 Å². The van der Waals surface area contributed by atoms with Crippen molar-refractivity contribution >= 4 is 6.08 Å². The SMILES string of the molecule is CCCCN(CC=Cc1ccccc1)CCCC. The third-order valence-corrected chi connectivity index (χ3v) is 3.13. The van der Waals surface area contributed by atoms with Gasteiger partial charge in [0, 0.05) is 6.54 Å². The van der Waals surface area contributed by atoms with E-state index in [2.05, 4.69) is 61.2 Å². The van der Waals surface area contributed by atoms with E-state index in [1.54, 1.807) is 0 Å². The molecule has 0 aliphatic heterocycles. The van der Waals surface area contributed by atoms with Crippen molar-refractivity contribution in [2.24, 2.45) is 0 Å². The number of unbranched alkanes of at least 4 members (excludes halogenated alkanes) is 2. The van der Waals surface area contributed by atoms with Crippen molar-refractivity contribution in [2.75, 3.05) is 19.6 Å².